The fourth-order valence-electron chi connectivity index (χ4n) is 5.25. The zero-order valence-corrected chi connectivity index (χ0v) is 21.7. The lowest BCUT2D eigenvalue weighted by molar-refractivity contribution is -0.136. The molecule has 0 spiro atoms. The van der Waals surface area contributed by atoms with Crippen LogP contribution in [0.1, 0.15) is 42.9 Å². The number of carbonyl (C=O) groups is 2. The third kappa shape index (κ3) is 6.03. The molecule has 2 saturated heterocycles. The lowest BCUT2D eigenvalue weighted by Crippen LogP contribution is -2.53. The van der Waals surface area contributed by atoms with Crippen molar-refractivity contribution in [3.8, 4) is 11.3 Å². The molecule has 1 aromatic carbocycles. The number of carbonyl (C=O) groups excluding carboxylic acids is 2. The van der Waals surface area contributed by atoms with E-state index in [1.54, 1.807) is 0 Å². The van der Waals surface area contributed by atoms with Gasteiger partial charge >= 0.3 is 0 Å². The van der Waals surface area contributed by atoms with Crippen LogP contribution in [0.25, 0.3) is 11.3 Å². The summed E-state index contributed by atoms with van der Waals surface area (Å²) in [7, 11) is 0. The monoisotopic (exact) mass is 483 g/mol. The highest BCUT2D eigenvalue weighted by Crippen LogP contribution is 2.31. The number of anilines is 1. The van der Waals surface area contributed by atoms with E-state index in [0.717, 1.165) is 56.8 Å². The Labute approximate surface area is 207 Å². The van der Waals surface area contributed by atoms with E-state index >= 15 is 0 Å². The Balaban J connectivity index is 1.24. The second-order valence-corrected chi connectivity index (χ2v) is 10.7. The van der Waals surface area contributed by atoms with Gasteiger partial charge in [0.25, 0.3) is 0 Å². The summed E-state index contributed by atoms with van der Waals surface area (Å²) < 4.78 is 0. The number of benzene rings is 1. The molecule has 1 N–H and O–H groups in total. The summed E-state index contributed by atoms with van der Waals surface area (Å²) in [6.45, 7) is 13.4. The number of hydrogen-bond acceptors (Lipinski definition) is 6. The SMILES string of the molecule is Cc1cc(C)c(-c2csc(NC(=O)CN3CCN(CC(=O)N4CCCCC4C)CC3)n2)c(C)c1. The molecular weight excluding hydrogens is 446 g/mol. The van der Waals surface area contributed by atoms with Gasteiger partial charge in [0.15, 0.2) is 5.13 Å². The van der Waals surface area contributed by atoms with E-state index in [1.807, 2.05) is 10.3 Å². The average molecular weight is 484 g/mol. The van der Waals surface area contributed by atoms with E-state index in [-0.39, 0.29) is 11.8 Å². The fourth-order valence-corrected chi connectivity index (χ4v) is 5.97. The fraction of sp³-hybridized carbons (Fsp3) is 0.577. The van der Waals surface area contributed by atoms with Gasteiger partial charge in [0.2, 0.25) is 11.8 Å². The molecule has 4 rings (SSSR count). The molecule has 0 radical (unpaired) electrons. The molecule has 7 nitrogen and oxygen atoms in total. The number of aromatic nitrogens is 1. The number of likely N-dealkylation sites (tertiary alicyclic amines) is 1. The first-order valence-corrected chi connectivity index (χ1v) is 13.3. The zero-order valence-electron chi connectivity index (χ0n) is 20.9. The van der Waals surface area contributed by atoms with Crippen LogP contribution in [0.15, 0.2) is 17.5 Å². The lowest BCUT2D eigenvalue weighted by Gasteiger charge is -2.37. The Morgan fingerprint density at radius 3 is 2.29 bits per heavy atom. The first-order valence-electron chi connectivity index (χ1n) is 12.4. The van der Waals surface area contributed by atoms with Gasteiger partial charge < -0.3 is 10.2 Å². The minimum Gasteiger partial charge on any atom is -0.339 e. The standard InChI is InChI=1S/C26H37N5O2S/c1-18-13-19(2)25(20(3)14-18)22-17-34-26(27-22)28-23(32)15-29-9-11-30(12-10-29)16-24(33)31-8-6-5-7-21(31)4/h13-14,17,21H,5-12,15-16H2,1-4H3,(H,27,28,32). The van der Waals surface area contributed by atoms with Crippen molar-refractivity contribution in [2.24, 2.45) is 0 Å². The third-order valence-corrected chi connectivity index (χ3v) is 7.76. The summed E-state index contributed by atoms with van der Waals surface area (Å²) in [6, 6.07) is 4.69. The van der Waals surface area contributed by atoms with Gasteiger partial charge in [0.05, 0.1) is 18.8 Å². The first kappa shape index (κ1) is 24.8. The summed E-state index contributed by atoms with van der Waals surface area (Å²) in [5, 5.41) is 5.62. The van der Waals surface area contributed by atoms with E-state index in [9.17, 15) is 9.59 Å². The van der Waals surface area contributed by atoms with Gasteiger partial charge in [-0.15, -0.1) is 11.3 Å². The van der Waals surface area contributed by atoms with E-state index in [2.05, 4.69) is 59.9 Å². The Bertz CT molecular complexity index is 1000. The number of aryl methyl sites for hydroxylation is 3. The van der Waals surface area contributed by atoms with Crippen molar-refractivity contribution >= 4 is 28.3 Å². The van der Waals surface area contributed by atoms with Gasteiger partial charge in [-0.1, -0.05) is 17.7 Å². The number of piperazine rings is 1. The Kier molecular flexibility index (Phi) is 8.01. The van der Waals surface area contributed by atoms with Crippen LogP contribution in [0.3, 0.4) is 0 Å². The maximum absolute atomic E-state index is 12.7. The Morgan fingerprint density at radius 1 is 1.00 bits per heavy atom. The molecule has 2 aliphatic heterocycles. The minimum absolute atomic E-state index is 0.0371. The van der Waals surface area contributed by atoms with Crippen LogP contribution in [-0.2, 0) is 9.59 Å². The molecule has 8 heteroatoms. The van der Waals surface area contributed by atoms with Crippen LogP contribution in [-0.4, -0.2) is 83.4 Å². The quantitative estimate of drug-likeness (QED) is 0.679. The molecule has 0 aliphatic carbocycles. The van der Waals surface area contributed by atoms with Crippen molar-refractivity contribution in [3.63, 3.8) is 0 Å². The molecule has 1 unspecified atom stereocenters. The van der Waals surface area contributed by atoms with E-state index in [1.165, 1.54) is 34.4 Å². The molecule has 0 saturated carbocycles. The maximum atomic E-state index is 12.7. The third-order valence-electron chi connectivity index (χ3n) is 7.00. The van der Waals surface area contributed by atoms with Gasteiger partial charge in [-0.2, -0.15) is 0 Å². The molecule has 2 aromatic rings. The first-order chi connectivity index (χ1) is 16.3. The summed E-state index contributed by atoms with van der Waals surface area (Å²) in [4.78, 5) is 36.4. The molecule has 1 atom stereocenters. The van der Waals surface area contributed by atoms with E-state index in [4.69, 9.17) is 0 Å². The predicted octanol–water partition coefficient (Wildman–Crippen LogP) is 3.69. The predicted molar refractivity (Wildman–Crippen MR) is 138 cm³/mol. The lowest BCUT2D eigenvalue weighted by atomic mass is 9.98. The highest BCUT2D eigenvalue weighted by atomic mass is 32.1. The molecule has 0 bridgehead atoms. The summed E-state index contributed by atoms with van der Waals surface area (Å²) >= 11 is 1.47. The molecule has 34 heavy (non-hydrogen) atoms. The van der Waals surface area contributed by atoms with E-state index in [0.29, 0.717) is 24.3 Å². The molecule has 1 aromatic heterocycles. The van der Waals surface area contributed by atoms with Crippen molar-refractivity contribution in [2.75, 3.05) is 51.1 Å². The second kappa shape index (κ2) is 11.0. The summed E-state index contributed by atoms with van der Waals surface area (Å²) in [5.74, 6) is 0.210. The topological polar surface area (TPSA) is 68.8 Å². The molecular formula is C26H37N5O2S. The largest absolute Gasteiger partial charge is 0.339 e. The second-order valence-electron chi connectivity index (χ2n) is 9.84. The van der Waals surface area contributed by atoms with Crippen LogP contribution in [0.5, 0.6) is 0 Å². The van der Waals surface area contributed by atoms with Crippen molar-refractivity contribution < 1.29 is 9.59 Å². The molecule has 3 heterocycles. The smallest absolute Gasteiger partial charge is 0.240 e. The average Bonchev–Trinajstić information content (AvgIpc) is 3.22. The number of amides is 2. The van der Waals surface area contributed by atoms with Gasteiger partial charge in [-0.25, -0.2) is 4.98 Å². The highest BCUT2D eigenvalue weighted by Gasteiger charge is 2.26. The minimum atomic E-state index is -0.0371. The number of hydrogen-bond donors (Lipinski definition) is 1. The van der Waals surface area contributed by atoms with Crippen molar-refractivity contribution in [1.29, 1.82) is 0 Å². The number of nitrogens with zero attached hydrogens (tertiary/aromatic N) is 4. The summed E-state index contributed by atoms with van der Waals surface area (Å²) in [5.41, 5.74) is 5.70. The normalized spacial score (nSPS) is 19.9. The highest BCUT2D eigenvalue weighted by molar-refractivity contribution is 7.14. The number of nitrogens with one attached hydrogen (secondary N) is 1. The maximum Gasteiger partial charge on any atom is 0.240 e. The van der Waals surface area contributed by atoms with Crippen LogP contribution in [0, 0.1) is 20.8 Å². The van der Waals surface area contributed by atoms with Crippen molar-refractivity contribution in [1.82, 2.24) is 19.7 Å². The number of rotatable bonds is 6. The van der Waals surface area contributed by atoms with Crippen molar-refractivity contribution in [2.45, 2.75) is 53.0 Å². The molecule has 2 amide bonds. The van der Waals surface area contributed by atoms with Gasteiger partial charge in [0, 0.05) is 49.7 Å². The number of piperidine rings is 1. The van der Waals surface area contributed by atoms with Gasteiger partial charge in [-0.05, 0) is 58.1 Å². The van der Waals surface area contributed by atoms with Crippen LogP contribution in [0.4, 0.5) is 5.13 Å². The van der Waals surface area contributed by atoms with Crippen LogP contribution >= 0.6 is 11.3 Å². The van der Waals surface area contributed by atoms with Gasteiger partial charge in [0.1, 0.15) is 0 Å². The van der Waals surface area contributed by atoms with Crippen LogP contribution in [0.2, 0.25) is 0 Å². The number of thiazole rings is 1. The molecule has 2 aliphatic rings. The van der Waals surface area contributed by atoms with E-state index < -0.39 is 0 Å². The van der Waals surface area contributed by atoms with Crippen molar-refractivity contribution in [3.05, 3.63) is 34.2 Å². The Hall–Kier alpha value is -2.29. The molecule has 2 fully saturated rings. The summed E-state index contributed by atoms with van der Waals surface area (Å²) in [6.07, 6.45) is 3.45. The zero-order chi connectivity index (χ0) is 24.2. The Morgan fingerprint density at radius 2 is 1.65 bits per heavy atom. The van der Waals surface area contributed by atoms with Crippen LogP contribution < -0.4 is 5.32 Å². The van der Waals surface area contributed by atoms with Gasteiger partial charge in [-0.3, -0.25) is 19.4 Å². The molecule has 184 valence electrons.